The monoisotopic (exact) mass is 386 g/mol. The standard InChI is InChI=1S/C21H26N2O3S/c1-17-10-12-23(13-11-17)27(25,26)20-9-5-8-19(14-20)21(24)16-22-15-18-6-3-2-4-7-18/h2-9,14,17,22H,10-13,15-16H2,1H3. The highest BCUT2D eigenvalue weighted by Crippen LogP contribution is 2.24. The first-order chi connectivity index (χ1) is 13.0. The molecule has 0 aromatic heterocycles. The number of ketones is 1. The Morgan fingerprint density at radius 3 is 2.48 bits per heavy atom. The molecule has 6 heteroatoms. The highest BCUT2D eigenvalue weighted by Gasteiger charge is 2.28. The molecule has 1 fully saturated rings. The van der Waals surface area contributed by atoms with Gasteiger partial charge in [-0.3, -0.25) is 4.79 Å². The second kappa shape index (κ2) is 8.78. The molecular weight excluding hydrogens is 360 g/mol. The van der Waals surface area contributed by atoms with E-state index in [2.05, 4.69) is 12.2 Å². The summed E-state index contributed by atoms with van der Waals surface area (Å²) in [7, 11) is -3.54. The molecule has 1 N–H and O–H groups in total. The Kier molecular flexibility index (Phi) is 6.42. The SMILES string of the molecule is CC1CCN(S(=O)(=O)c2cccc(C(=O)CNCc3ccccc3)c2)CC1. The van der Waals surface area contributed by atoms with Crippen molar-refractivity contribution in [3.63, 3.8) is 0 Å². The smallest absolute Gasteiger partial charge is 0.243 e. The van der Waals surface area contributed by atoms with E-state index in [1.54, 1.807) is 18.2 Å². The van der Waals surface area contributed by atoms with Gasteiger partial charge < -0.3 is 5.32 Å². The van der Waals surface area contributed by atoms with Crippen LogP contribution in [0, 0.1) is 5.92 Å². The largest absolute Gasteiger partial charge is 0.306 e. The molecule has 1 heterocycles. The maximum atomic E-state index is 12.9. The van der Waals surface area contributed by atoms with E-state index < -0.39 is 10.0 Å². The van der Waals surface area contributed by atoms with Crippen LogP contribution in [-0.4, -0.2) is 38.1 Å². The Morgan fingerprint density at radius 2 is 1.78 bits per heavy atom. The van der Waals surface area contributed by atoms with E-state index in [0.717, 1.165) is 18.4 Å². The molecule has 0 saturated carbocycles. The number of nitrogens with one attached hydrogen (secondary N) is 1. The first-order valence-corrected chi connectivity index (χ1v) is 10.8. The van der Waals surface area contributed by atoms with Crippen molar-refractivity contribution in [3.05, 3.63) is 65.7 Å². The topological polar surface area (TPSA) is 66.5 Å². The Bertz CT molecular complexity index is 873. The lowest BCUT2D eigenvalue weighted by molar-refractivity contribution is 0.0990. The molecule has 5 nitrogen and oxygen atoms in total. The van der Waals surface area contributed by atoms with Crippen molar-refractivity contribution in [1.82, 2.24) is 9.62 Å². The molecule has 1 saturated heterocycles. The van der Waals surface area contributed by atoms with Crippen LogP contribution in [0.4, 0.5) is 0 Å². The van der Waals surface area contributed by atoms with Gasteiger partial charge in [-0.05, 0) is 36.5 Å². The lowest BCUT2D eigenvalue weighted by Crippen LogP contribution is -2.37. The van der Waals surface area contributed by atoms with Gasteiger partial charge in [-0.15, -0.1) is 0 Å². The van der Waals surface area contributed by atoms with Gasteiger partial charge in [0.1, 0.15) is 0 Å². The quantitative estimate of drug-likeness (QED) is 0.743. The zero-order chi connectivity index (χ0) is 19.3. The van der Waals surface area contributed by atoms with Gasteiger partial charge in [-0.1, -0.05) is 49.4 Å². The third-order valence-corrected chi connectivity index (χ3v) is 6.89. The van der Waals surface area contributed by atoms with Crippen molar-refractivity contribution in [2.24, 2.45) is 5.92 Å². The van der Waals surface area contributed by atoms with E-state index in [4.69, 9.17) is 0 Å². The lowest BCUT2D eigenvalue weighted by atomic mass is 10.0. The fraction of sp³-hybridized carbons (Fsp3) is 0.381. The minimum Gasteiger partial charge on any atom is -0.306 e. The number of hydrogen-bond acceptors (Lipinski definition) is 4. The summed E-state index contributed by atoms with van der Waals surface area (Å²) in [6, 6.07) is 16.2. The van der Waals surface area contributed by atoms with Crippen molar-refractivity contribution in [3.8, 4) is 0 Å². The highest BCUT2D eigenvalue weighted by atomic mass is 32.2. The van der Waals surface area contributed by atoms with Gasteiger partial charge >= 0.3 is 0 Å². The normalized spacial score (nSPS) is 16.3. The van der Waals surface area contributed by atoms with Crippen LogP contribution in [0.1, 0.15) is 35.7 Å². The summed E-state index contributed by atoms with van der Waals surface area (Å²) in [6.07, 6.45) is 1.75. The third kappa shape index (κ3) is 5.03. The van der Waals surface area contributed by atoms with Crippen LogP contribution >= 0.6 is 0 Å². The molecule has 3 rings (SSSR count). The van der Waals surface area contributed by atoms with Gasteiger partial charge in [0.25, 0.3) is 0 Å². The number of sulfonamides is 1. The van der Waals surface area contributed by atoms with Crippen LogP contribution in [0.5, 0.6) is 0 Å². The van der Waals surface area contributed by atoms with Crippen LogP contribution in [-0.2, 0) is 16.6 Å². The lowest BCUT2D eigenvalue weighted by Gasteiger charge is -2.29. The van der Waals surface area contributed by atoms with E-state index in [1.165, 1.54) is 10.4 Å². The van der Waals surface area contributed by atoms with Crippen molar-refractivity contribution >= 4 is 15.8 Å². The number of rotatable bonds is 7. The Hall–Kier alpha value is -2.02. The van der Waals surface area contributed by atoms with Gasteiger partial charge in [0.15, 0.2) is 5.78 Å². The minimum absolute atomic E-state index is 0.116. The number of benzene rings is 2. The van der Waals surface area contributed by atoms with Gasteiger partial charge in [0, 0.05) is 25.2 Å². The third-order valence-electron chi connectivity index (χ3n) is 4.99. The molecule has 144 valence electrons. The maximum absolute atomic E-state index is 12.9. The summed E-state index contributed by atoms with van der Waals surface area (Å²) in [5.41, 5.74) is 1.52. The zero-order valence-electron chi connectivity index (χ0n) is 15.6. The van der Waals surface area contributed by atoms with Crippen LogP contribution in [0.15, 0.2) is 59.5 Å². The molecule has 2 aromatic carbocycles. The Morgan fingerprint density at radius 1 is 1.07 bits per heavy atom. The molecule has 0 atom stereocenters. The summed E-state index contributed by atoms with van der Waals surface area (Å²) < 4.78 is 27.3. The van der Waals surface area contributed by atoms with Gasteiger partial charge in [0.05, 0.1) is 11.4 Å². The fourth-order valence-corrected chi connectivity index (χ4v) is 4.74. The van der Waals surface area contributed by atoms with Gasteiger partial charge in [-0.25, -0.2) is 8.42 Å². The van der Waals surface area contributed by atoms with Crippen LogP contribution < -0.4 is 5.32 Å². The summed E-state index contributed by atoms with van der Waals surface area (Å²) in [4.78, 5) is 12.7. The number of nitrogens with zero attached hydrogens (tertiary/aromatic N) is 1. The summed E-state index contributed by atoms with van der Waals surface area (Å²) in [5, 5.41) is 3.12. The highest BCUT2D eigenvalue weighted by molar-refractivity contribution is 7.89. The number of hydrogen-bond donors (Lipinski definition) is 1. The average molecular weight is 387 g/mol. The van der Waals surface area contributed by atoms with E-state index in [-0.39, 0.29) is 17.2 Å². The molecule has 0 radical (unpaired) electrons. The number of carbonyl (C=O) groups is 1. The molecule has 0 spiro atoms. The molecule has 0 bridgehead atoms. The zero-order valence-corrected chi connectivity index (χ0v) is 16.4. The second-order valence-electron chi connectivity index (χ2n) is 7.13. The number of piperidine rings is 1. The number of Topliss-reactive ketones (excluding diaryl/α,β-unsaturated/α-hetero) is 1. The van der Waals surface area contributed by atoms with Gasteiger partial charge in [-0.2, -0.15) is 4.31 Å². The first-order valence-electron chi connectivity index (χ1n) is 9.35. The first kappa shape index (κ1) is 19.7. The maximum Gasteiger partial charge on any atom is 0.243 e. The molecular formula is C21H26N2O3S. The van der Waals surface area contributed by atoms with Crippen molar-refractivity contribution in [2.45, 2.75) is 31.2 Å². The molecule has 0 amide bonds. The molecule has 0 unspecified atom stereocenters. The minimum atomic E-state index is -3.54. The van der Waals surface area contributed by atoms with Crippen LogP contribution in [0.3, 0.4) is 0 Å². The second-order valence-corrected chi connectivity index (χ2v) is 9.06. The Labute approximate surface area is 161 Å². The summed E-state index contributed by atoms with van der Waals surface area (Å²) in [5.74, 6) is 0.440. The fourth-order valence-electron chi connectivity index (χ4n) is 3.22. The van der Waals surface area contributed by atoms with Crippen LogP contribution in [0.2, 0.25) is 0 Å². The molecule has 1 aliphatic rings. The van der Waals surface area contributed by atoms with E-state index in [9.17, 15) is 13.2 Å². The average Bonchev–Trinajstić information content (AvgIpc) is 2.69. The van der Waals surface area contributed by atoms with Crippen molar-refractivity contribution in [1.29, 1.82) is 0 Å². The molecule has 0 aliphatic carbocycles. The van der Waals surface area contributed by atoms with Crippen molar-refractivity contribution in [2.75, 3.05) is 19.6 Å². The van der Waals surface area contributed by atoms with E-state index in [0.29, 0.717) is 31.1 Å². The molecule has 2 aromatic rings. The predicted molar refractivity (Wildman–Crippen MR) is 106 cm³/mol. The van der Waals surface area contributed by atoms with E-state index in [1.807, 2.05) is 30.3 Å². The number of carbonyl (C=O) groups excluding carboxylic acids is 1. The van der Waals surface area contributed by atoms with Crippen LogP contribution in [0.25, 0.3) is 0 Å². The summed E-state index contributed by atoms with van der Waals surface area (Å²) in [6.45, 7) is 3.99. The van der Waals surface area contributed by atoms with Gasteiger partial charge in [0.2, 0.25) is 10.0 Å². The molecule has 1 aliphatic heterocycles. The van der Waals surface area contributed by atoms with E-state index >= 15 is 0 Å². The molecule has 27 heavy (non-hydrogen) atoms. The Balaban J connectivity index is 1.64. The van der Waals surface area contributed by atoms with Crippen molar-refractivity contribution < 1.29 is 13.2 Å². The summed E-state index contributed by atoms with van der Waals surface area (Å²) >= 11 is 0. The predicted octanol–water partition coefficient (Wildman–Crippen LogP) is 3.08.